The zero-order chi connectivity index (χ0) is 11.2. The van der Waals surface area contributed by atoms with E-state index in [-0.39, 0.29) is 0 Å². The molecule has 5 heteroatoms. The molecule has 1 aliphatic rings. The standard InChI is InChI=1S/C11H18N4O/c1-16-11-6-10(14-8-15-11)13-7-9-2-4-12-5-3-9/h6,8-9,12H,2-5,7H2,1H3,(H,13,14,15). The molecule has 0 spiro atoms. The molecular formula is C11H18N4O. The number of piperidine rings is 1. The quantitative estimate of drug-likeness (QED) is 0.792. The second kappa shape index (κ2) is 5.65. The second-order valence-electron chi connectivity index (χ2n) is 4.02. The van der Waals surface area contributed by atoms with Gasteiger partial charge < -0.3 is 15.4 Å². The van der Waals surface area contributed by atoms with Gasteiger partial charge in [-0.1, -0.05) is 0 Å². The van der Waals surface area contributed by atoms with Gasteiger partial charge in [0.1, 0.15) is 12.1 Å². The summed E-state index contributed by atoms with van der Waals surface area (Å²) in [4.78, 5) is 8.12. The summed E-state index contributed by atoms with van der Waals surface area (Å²) in [5, 5.41) is 6.69. The van der Waals surface area contributed by atoms with Crippen LogP contribution in [0.4, 0.5) is 5.82 Å². The summed E-state index contributed by atoms with van der Waals surface area (Å²) in [7, 11) is 1.61. The number of nitrogens with one attached hydrogen (secondary N) is 2. The van der Waals surface area contributed by atoms with Crippen molar-refractivity contribution in [2.45, 2.75) is 12.8 Å². The Hall–Kier alpha value is -1.36. The first-order valence-corrected chi connectivity index (χ1v) is 5.69. The van der Waals surface area contributed by atoms with Crippen LogP contribution in [0, 0.1) is 5.92 Å². The smallest absolute Gasteiger partial charge is 0.218 e. The van der Waals surface area contributed by atoms with Crippen LogP contribution in [-0.4, -0.2) is 36.7 Å². The van der Waals surface area contributed by atoms with E-state index in [0.29, 0.717) is 5.88 Å². The topological polar surface area (TPSA) is 59.1 Å². The first-order chi connectivity index (χ1) is 7.88. The number of ether oxygens (including phenoxy) is 1. The molecule has 2 N–H and O–H groups in total. The normalized spacial score (nSPS) is 17.1. The fourth-order valence-corrected chi connectivity index (χ4v) is 1.88. The highest BCUT2D eigenvalue weighted by Gasteiger charge is 2.12. The Labute approximate surface area is 95.6 Å². The van der Waals surface area contributed by atoms with Crippen LogP contribution in [0.3, 0.4) is 0 Å². The molecule has 5 nitrogen and oxygen atoms in total. The summed E-state index contributed by atoms with van der Waals surface area (Å²) >= 11 is 0. The molecule has 1 aliphatic heterocycles. The van der Waals surface area contributed by atoms with Gasteiger partial charge in [-0.2, -0.15) is 0 Å². The van der Waals surface area contributed by atoms with Crippen molar-refractivity contribution < 1.29 is 4.74 Å². The fraction of sp³-hybridized carbons (Fsp3) is 0.636. The van der Waals surface area contributed by atoms with Crippen molar-refractivity contribution in [3.05, 3.63) is 12.4 Å². The Balaban J connectivity index is 1.83. The molecule has 1 fully saturated rings. The summed E-state index contributed by atoms with van der Waals surface area (Å²) in [6, 6.07) is 1.82. The van der Waals surface area contributed by atoms with Gasteiger partial charge in [0, 0.05) is 12.6 Å². The summed E-state index contributed by atoms with van der Waals surface area (Å²) in [6.45, 7) is 3.22. The van der Waals surface area contributed by atoms with Crippen molar-refractivity contribution in [1.29, 1.82) is 0 Å². The van der Waals surface area contributed by atoms with E-state index in [1.54, 1.807) is 7.11 Å². The highest BCUT2D eigenvalue weighted by molar-refractivity contribution is 5.36. The predicted molar refractivity (Wildman–Crippen MR) is 62.7 cm³/mol. The molecule has 0 amide bonds. The largest absolute Gasteiger partial charge is 0.481 e. The van der Waals surface area contributed by atoms with Crippen molar-refractivity contribution in [3.63, 3.8) is 0 Å². The molecule has 16 heavy (non-hydrogen) atoms. The lowest BCUT2D eigenvalue weighted by atomic mass is 9.98. The van der Waals surface area contributed by atoms with E-state index in [1.165, 1.54) is 19.2 Å². The van der Waals surface area contributed by atoms with Crippen LogP contribution in [0.25, 0.3) is 0 Å². The van der Waals surface area contributed by atoms with E-state index in [4.69, 9.17) is 4.74 Å². The molecular weight excluding hydrogens is 204 g/mol. The molecule has 1 saturated heterocycles. The average Bonchev–Trinajstić information content (AvgIpc) is 2.38. The van der Waals surface area contributed by atoms with Crippen molar-refractivity contribution in [3.8, 4) is 5.88 Å². The molecule has 2 rings (SSSR count). The number of methoxy groups -OCH3 is 1. The SMILES string of the molecule is COc1cc(NCC2CCNCC2)ncn1. The molecule has 0 bridgehead atoms. The van der Waals surface area contributed by atoms with Gasteiger partial charge in [0.2, 0.25) is 5.88 Å². The third-order valence-electron chi connectivity index (χ3n) is 2.88. The van der Waals surface area contributed by atoms with Gasteiger partial charge in [-0.3, -0.25) is 0 Å². The summed E-state index contributed by atoms with van der Waals surface area (Å²) in [5.74, 6) is 2.18. The molecule has 1 aromatic heterocycles. The lowest BCUT2D eigenvalue weighted by Gasteiger charge is -2.22. The van der Waals surface area contributed by atoms with Crippen LogP contribution in [0.1, 0.15) is 12.8 Å². The Morgan fingerprint density at radius 1 is 1.44 bits per heavy atom. The van der Waals surface area contributed by atoms with Crippen molar-refractivity contribution >= 4 is 5.82 Å². The molecule has 0 aromatic carbocycles. The van der Waals surface area contributed by atoms with E-state index in [1.807, 2.05) is 6.07 Å². The number of anilines is 1. The van der Waals surface area contributed by atoms with Gasteiger partial charge in [-0.05, 0) is 31.8 Å². The van der Waals surface area contributed by atoms with Crippen molar-refractivity contribution in [1.82, 2.24) is 15.3 Å². The Morgan fingerprint density at radius 2 is 2.25 bits per heavy atom. The minimum Gasteiger partial charge on any atom is -0.481 e. The van der Waals surface area contributed by atoms with Crippen molar-refractivity contribution in [2.75, 3.05) is 32.1 Å². The number of nitrogens with zero attached hydrogens (tertiary/aromatic N) is 2. The van der Waals surface area contributed by atoms with Gasteiger partial charge in [0.25, 0.3) is 0 Å². The molecule has 0 saturated carbocycles. The number of hydrogen-bond acceptors (Lipinski definition) is 5. The van der Waals surface area contributed by atoms with E-state index >= 15 is 0 Å². The molecule has 88 valence electrons. The lowest BCUT2D eigenvalue weighted by molar-refractivity contribution is 0.388. The number of hydrogen-bond donors (Lipinski definition) is 2. The third kappa shape index (κ3) is 3.06. The predicted octanol–water partition coefficient (Wildman–Crippen LogP) is 0.897. The van der Waals surface area contributed by atoms with Crippen molar-refractivity contribution in [2.24, 2.45) is 5.92 Å². The van der Waals surface area contributed by atoms with Crippen LogP contribution in [0.5, 0.6) is 5.88 Å². The van der Waals surface area contributed by atoms with E-state index in [9.17, 15) is 0 Å². The van der Waals surface area contributed by atoms with Gasteiger partial charge >= 0.3 is 0 Å². The maximum absolute atomic E-state index is 5.05. The maximum Gasteiger partial charge on any atom is 0.218 e. The van der Waals surface area contributed by atoms with Crippen LogP contribution < -0.4 is 15.4 Å². The number of rotatable bonds is 4. The Bertz CT molecular complexity index is 326. The summed E-state index contributed by atoms with van der Waals surface area (Å²) in [5.41, 5.74) is 0. The monoisotopic (exact) mass is 222 g/mol. The Morgan fingerprint density at radius 3 is 3.00 bits per heavy atom. The molecule has 0 atom stereocenters. The van der Waals surface area contributed by atoms with E-state index < -0.39 is 0 Å². The van der Waals surface area contributed by atoms with E-state index in [0.717, 1.165) is 31.4 Å². The summed E-state index contributed by atoms with van der Waals surface area (Å²) < 4.78 is 5.05. The molecule has 0 radical (unpaired) electrons. The zero-order valence-electron chi connectivity index (χ0n) is 9.57. The number of aromatic nitrogens is 2. The molecule has 0 unspecified atom stereocenters. The van der Waals surface area contributed by atoms with Crippen LogP contribution in [0.2, 0.25) is 0 Å². The van der Waals surface area contributed by atoms with Crippen LogP contribution >= 0.6 is 0 Å². The van der Waals surface area contributed by atoms with Gasteiger partial charge in [0.15, 0.2) is 0 Å². The highest BCUT2D eigenvalue weighted by Crippen LogP contribution is 2.14. The lowest BCUT2D eigenvalue weighted by Crippen LogP contribution is -2.31. The molecule has 1 aromatic rings. The minimum atomic E-state index is 0.600. The summed E-state index contributed by atoms with van der Waals surface area (Å²) in [6.07, 6.45) is 3.98. The van der Waals surface area contributed by atoms with Crippen LogP contribution in [0.15, 0.2) is 12.4 Å². The second-order valence-corrected chi connectivity index (χ2v) is 4.02. The zero-order valence-corrected chi connectivity index (χ0v) is 9.57. The maximum atomic E-state index is 5.05. The van der Waals surface area contributed by atoms with E-state index in [2.05, 4.69) is 20.6 Å². The Kier molecular flexibility index (Phi) is 3.93. The fourth-order valence-electron chi connectivity index (χ4n) is 1.88. The average molecular weight is 222 g/mol. The van der Waals surface area contributed by atoms with Crippen LogP contribution in [-0.2, 0) is 0 Å². The van der Waals surface area contributed by atoms with Gasteiger partial charge in [0.05, 0.1) is 7.11 Å². The first kappa shape index (κ1) is 11.1. The first-order valence-electron chi connectivity index (χ1n) is 5.69. The third-order valence-corrected chi connectivity index (χ3v) is 2.88. The van der Waals surface area contributed by atoms with Gasteiger partial charge in [-0.15, -0.1) is 0 Å². The molecule has 2 heterocycles. The molecule has 0 aliphatic carbocycles. The van der Waals surface area contributed by atoms with Gasteiger partial charge in [-0.25, -0.2) is 9.97 Å². The minimum absolute atomic E-state index is 0.600. The highest BCUT2D eigenvalue weighted by atomic mass is 16.5.